The molecule has 0 saturated heterocycles. The minimum absolute atomic E-state index is 0. The fourth-order valence-electron chi connectivity index (χ4n) is 1.95. The summed E-state index contributed by atoms with van der Waals surface area (Å²) in [6.07, 6.45) is 0.863. The summed E-state index contributed by atoms with van der Waals surface area (Å²) in [4.78, 5) is 11.8. The van der Waals surface area contributed by atoms with E-state index in [0.29, 0.717) is 6.54 Å². The second kappa shape index (κ2) is 7.62. The molecule has 0 aliphatic heterocycles. The van der Waals surface area contributed by atoms with E-state index >= 15 is 0 Å². The zero-order chi connectivity index (χ0) is 13.8. The third kappa shape index (κ3) is 3.95. The molecule has 0 spiro atoms. The maximum Gasteiger partial charge on any atom is 0.224 e. The molecule has 2 atom stereocenters. The Morgan fingerprint density at radius 2 is 2.05 bits per heavy atom. The average molecular weight is 313 g/mol. The van der Waals surface area contributed by atoms with Crippen molar-refractivity contribution < 1.29 is 4.79 Å². The summed E-state index contributed by atoms with van der Waals surface area (Å²) in [6.45, 7) is 4.38. The van der Waals surface area contributed by atoms with Crippen LogP contribution in [0.5, 0.6) is 0 Å². The maximum absolute atomic E-state index is 11.8. The van der Waals surface area contributed by atoms with Crippen molar-refractivity contribution in [2.24, 2.45) is 11.7 Å². The maximum atomic E-state index is 11.8. The van der Waals surface area contributed by atoms with Crippen LogP contribution in [0, 0.1) is 5.92 Å². The SMILES string of the molecule is CC(N)C(C)C(=O)NCCc1csc2ccccc12.Cl. The summed E-state index contributed by atoms with van der Waals surface area (Å²) in [6, 6.07) is 8.25. The van der Waals surface area contributed by atoms with Crippen LogP contribution in [0.2, 0.25) is 0 Å². The second-order valence-electron chi connectivity index (χ2n) is 4.95. The molecule has 2 unspecified atom stereocenters. The lowest BCUT2D eigenvalue weighted by molar-refractivity contribution is -0.124. The van der Waals surface area contributed by atoms with Gasteiger partial charge in [0.15, 0.2) is 0 Å². The Morgan fingerprint density at radius 1 is 1.35 bits per heavy atom. The Hall–Kier alpha value is -1.10. The number of carbonyl (C=O) groups excluding carboxylic acids is 1. The summed E-state index contributed by atoms with van der Waals surface area (Å²) in [5.74, 6) is -0.103. The molecule has 2 rings (SSSR count). The van der Waals surface area contributed by atoms with Gasteiger partial charge in [-0.05, 0) is 35.7 Å². The number of rotatable bonds is 5. The predicted molar refractivity (Wildman–Crippen MR) is 88.6 cm³/mol. The van der Waals surface area contributed by atoms with E-state index in [1.54, 1.807) is 11.3 Å². The molecule has 110 valence electrons. The van der Waals surface area contributed by atoms with Crippen molar-refractivity contribution in [3.8, 4) is 0 Å². The smallest absolute Gasteiger partial charge is 0.224 e. The van der Waals surface area contributed by atoms with Gasteiger partial charge in [0, 0.05) is 23.2 Å². The predicted octanol–water partition coefficient (Wildman–Crippen LogP) is 2.97. The van der Waals surface area contributed by atoms with Gasteiger partial charge in [-0.1, -0.05) is 25.1 Å². The Morgan fingerprint density at radius 3 is 2.75 bits per heavy atom. The summed E-state index contributed by atoms with van der Waals surface area (Å²) >= 11 is 1.75. The Balaban J connectivity index is 0.00000200. The molecule has 1 aromatic heterocycles. The summed E-state index contributed by atoms with van der Waals surface area (Å²) < 4.78 is 1.30. The molecule has 3 nitrogen and oxygen atoms in total. The van der Waals surface area contributed by atoms with E-state index in [4.69, 9.17) is 5.73 Å². The topological polar surface area (TPSA) is 55.1 Å². The molecular formula is C15H21ClN2OS. The van der Waals surface area contributed by atoms with Gasteiger partial charge < -0.3 is 11.1 Å². The van der Waals surface area contributed by atoms with Crippen LogP contribution in [-0.2, 0) is 11.2 Å². The first-order valence-electron chi connectivity index (χ1n) is 6.58. The largest absolute Gasteiger partial charge is 0.355 e. The normalized spacial score (nSPS) is 13.6. The lowest BCUT2D eigenvalue weighted by Gasteiger charge is -2.15. The Labute approximate surface area is 130 Å². The van der Waals surface area contributed by atoms with Gasteiger partial charge in [0.25, 0.3) is 0 Å². The number of thiophene rings is 1. The Bertz CT molecular complexity index is 568. The van der Waals surface area contributed by atoms with Gasteiger partial charge in [-0.2, -0.15) is 0 Å². The quantitative estimate of drug-likeness (QED) is 0.892. The number of carbonyl (C=O) groups is 1. The van der Waals surface area contributed by atoms with E-state index in [2.05, 4.69) is 35.0 Å². The zero-order valence-electron chi connectivity index (χ0n) is 11.8. The lowest BCUT2D eigenvalue weighted by atomic mass is 10.0. The first kappa shape index (κ1) is 17.0. The zero-order valence-corrected chi connectivity index (χ0v) is 13.4. The van der Waals surface area contributed by atoms with Gasteiger partial charge in [-0.15, -0.1) is 23.7 Å². The highest BCUT2D eigenvalue weighted by atomic mass is 35.5. The van der Waals surface area contributed by atoms with Crippen molar-refractivity contribution in [3.05, 3.63) is 35.2 Å². The molecule has 0 bridgehead atoms. The molecule has 0 saturated carbocycles. The van der Waals surface area contributed by atoms with Crippen molar-refractivity contribution in [1.82, 2.24) is 5.32 Å². The summed E-state index contributed by atoms with van der Waals surface area (Å²) in [7, 11) is 0. The lowest BCUT2D eigenvalue weighted by Crippen LogP contribution is -2.39. The van der Waals surface area contributed by atoms with Crippen LogP contribution < -0.4 is 11.1 Å². The summed E-state index contributed by atoms with van der Waals surface area (Å²) in [5, 5.41) is 6.42. The third-order valence-corrected chi connectivity index (χ3v) is 4.47. The third-order valence-electron chi connectivity index (χ3n) is 3.46. The van der Waals surface area contributed by atoms with Crippen LogP contribution in [0.3, 0.4) is 0 Å². The number of nitrogens with one attached hydrogen (secondary N) is 1. The molecule has 1 amide bonds. The van der Waals surface area contributed by atoms with Gasteiger partial charge in [-0.25, -0.2) is 0 Å². The number of halogens is 1. The highest BCUT2D eigenvalue weighted by Crippen LogP contribution is 2.25. The molecule has 1 heterocycles. The van der Waals surface area contributed by atoms with Crippen molar-refractivity contribution in [1.29, 1.82) is 0 Å². The van der Waals surface area contributed by atoms with Crippen LogP contribution in [0.4, 0.5) is 0 Å². The van der Waals surface area contributed by atoms with Crippen molar-refractivity contribution >= 4 is 39.7 Å². The number of amides is 1. The number of nitrogens with two attached hydrogens (primary N) is 1. The molecule has 3 N–H and O–H groups in total. The minimum atomic E-state index is -0.140. The molecule has 1 aromatic carbocycles. The van der Waals surface area contributed by atoms with E-state index in [1.807, 2.05) is 13.8 Å². The highest BCUT2D eigenvalue weighted by molar-refractivity contribution is 7.17. The van der Waals surface area contributed by atoms with Crippen LogP contribution in [0.25, 0.3) is 10.1 Å². The molecule has 0 aliphatic carbocycles. The number of hydrogen-bond acceptors (Lipinski definition) is 3. The van der Waals surface area contributed by atoms with E-state index in [1.165, 1.54) is 15.6 Å². The number of fused-ring (bicyclic) bond motifs is 1. The van der Waals surface area contributed by atoms with Crippen molar-refractivity contribution in [2.45, 2.75) is 26.3 Å². The van der Waals surface area contributed by atoms with Crippen molar-refractivity contribution in [3.63, 3.8) is 0 Å². The molecule has 0 radical (unpaired) electrons. The van der Waals surface area contributed by atoms with Gasteiger partial charge >= 0.3 is 0 Å². The van der Waals surface area contributed by atoms with Crippen LogP contribution >= 0.6 is 23.7 Å². The Kier molecular flexibility index (Phi) is 6.46. The average Bonchev–Trinajstić information content (AvgIpc) is 2.81. The molecular weight excluding hydrogens is 292 g/mol. The number of hydrogen-bond donors (Lipinski definition) is 2. The second-order valence-corrected chi connectivity index (χ2v) is 5.86. The molecule has 2 aromatic rings. The minimum Gasteiger partial charge on any atom is -0.355 e. The summed E-state index contributed by atoms with van der Waals surface area (Å²) in [5.41, 5.74) is 7.02. The van der Waals surface area contributed by atoms with Crippen molar-refractivity contribution in [2.75, 3.05) is 6.54 Å². The highest BCUT2D eigenvalue weighted by Gasteiger charge is 2.16. The van der Waals surface area contributed by atoms with Crippen LogP contribution in [-0.4, -0.2) is 18.5 Å². The van der Waals surface area contributed by atoms with Gasteiger partial charge in [0.2, 0.25) is 5.91 Å². The van der Waals surface area contributed by atoms with E-state index < -0.39 is 0 Å². The molecule has 20 heavy (non-hydrogen) atoms. The molecule has 0 fully saturated rings. The van der Waals surface area contributed by atoms with E-state index in [9.17, 15) is 4.79 Å². The number of benzene rings is 1. The first-order valence-corrected chi connectivity index (χ1v) is 7.46. The monoisotopic (exact) mass is 312 g/mol. The van der Waals surface area contributed by atoms with Gasteiger partial charge in [0.05, 0.1) is 0 Å². The van der Waals surface area contributed by atoms with Crippen LogP contribution in [0.15, 0.2) is 29.6 Å². The van der Waals surface area contributed by atoms with Gasteiger partial charge in [0.1, 0.15) is 0 Å². The van der Waals surface area contributed by atoms with Gasteiger partial charge in [-0.3, -0.25) is 4.79 Å². The fourth-order valence-corrected chi connectivity index (χ4v) is 2.94. The standard InChI is InChI=1S/C15H20N2OS.ClH/c1-10(11(2)16)15(18)17-8-7-12-9-19-14-6-4-3-5-13(12)14;/h3-6,9-11H,7-8,16H2,1-2H3,(H,17,18);1H. The molecule has 5 heteroatoms. The molecule has 0 aliphatic rings. The van der Waals surface area contributed by atoms with Crippen LogP contribution in [0.1, 0.15) is 19.4 Å². The first-order chi connectivity index (χ1) is 9.09. The fraction of sp³-hybridized carbons (Fsp3) is 0.400. The van der Waals surface area contributed by atoms with E-state index in [0.717, 1.165) is 6.42 Å². The van der Waals surface area contributed by atoms with E-state index in [-0.39, 0.29) is 30.3 Å².